The van der Waals surface area contributed by atoms with E-state index in [2.05, 4.69) is 10.3 Å². The number of nitrogens with one attached hydrogen (secondary N) is 1. The van der Waals surface area contributed by atoms with Gasteiger partial charge in [0.1, 0.15) is 5.69 Å². The van der Waals surface area contributed by atoms with Crippen molar-refractivity contribution >= 4 is 28.6 Å². The first-order valence-corrected chi connectivity index (χ1v) is 8.70. The lowest BCUT2D eigenvalue weighted by Gasteiger charge is -2.34. The maximum Gasteiger partial charge on any atom is 0.312 e. The van der Waals surface area contributed by atoms with Gasteiger partial charge in [0.05, 0.1) is 5.52 Å². The summed E-state index contributed by atoms with van der Waals surface area (Å²) >= 11 is 0. The van der Waals surface area contributed by atoms with Crippen LogP contribution in [0.15, 0.2) is 36.4 Å². The molecule has 1 aromatic carbocycles. The highest BCUT2D eigenvalue weighted by atomic mass is 16.2. The van der Waals surface area contributed by atoms with Crippen LogP contribution in [-0.2, 0) is 9.59 Å². The third kappa shape index (κ3) is 3.82. The standard InChI is InChI=1S/C19H22N4O3/c1-13(2)20-17(24)19(26)23-11-9-22(10-12-23)18(25)16-8-7-14-5-3-4-6-15(14)21-16/h3-8,13H,9-12H2,1-2H3,(H,20,24). The van der Waals surface area contributed by atoms with Gasteiger partial charge in [0.2, 0.25) is 0 Å². The van der Waals surface area contributed by atoms with Crippen molar-refractivity contribution in [2.45, 2.75) is 19.9 Å². The van der Waals surface area contributed by atoms with Crippen molar-refractivity contribution in [2.24, 2.45) is 0 Å². The average molecular weight is 354 g/mol. The zero-order valence-electron chi connectivity index (χ0n) is 14.9. The molecule has 2 aromatic rings. The SMILES string of the molecule is CC(C)NC(=O)C(=O)N1CCN(C(=O)c2ccc3ccccc3n2)CC1. The maximum absolute atomic E-state index is 12.7. The second kappa shape index (κ2) is 7.51. The van der Waals surface area contributed by atoms with Gasteiger partial charge in [0.25, 0.3) is 5.91 Å². The van der Waals surface area contributed by atoms with Crippen LogP contribution in [0.25, 0.3) is 10.9 Å². The number of fused-ring (bicyclic) bond motifs is 1. The number of hydrogen-bond donors (Lipinski definition) is 1. The lowest BCUT2D eigenvalue weighted by Crippen LogP contribution is -2.54. The number of carbonyl (C=O) groups is 3. The van der Waals surface area contributed by atoms with E-state index in [1.807, 2.05) is 30.3 Å². The van der Waals surface area contributed by atoms with E-state index in [9.17, 15) is 14.4 Å². The Kier molecular flexibility index (Phi) is 5.16. The van der Waals surface area contributed by atoms with Gasteiger partial charge in [-0.05, 0) is 26.0 Å². The molecule has 0 bridgehead atoms. The van der Waals surface area contributed by atoms with E-state index in [-0.39, 0.29) is 11.9 Å². The molecular weight excluding hydrogens is 332 g/mol. The number of rotatable bonds is 2. The Hall–Kier alpha value is -2.96. The molecule has 3 amide bonds. The molecule has 1 aliphatic rings. The highest BCUT2D eigenvalue weighted by Gasteiger charge is 2.28. The van der Waals surface area contributed by atoms with Crippen molar-refractivity contribution in [3.05, 3.63) is 42.1 Å². The molecule has 7 heteroatoms. The van der Waals surface area contributed by atoms with Gasteiger partial charge in [-0.15, -0.1) is 0 Å². The van der Waals surface area contributed by atoms with Crippen LogP contribution >= 0.6 is 0 Å². The zero-order chi connectivity index (χ0) is 18.7. The van der Waals surface area contributed by atoms with Gasteiger partial charge in [-0.25, -0.2) is 4.98 Å². The van der Waals surface area contributed by atoms with Gasteiger partial charge in [-0.1, -0.05) is 24.3 Å². The summed E-state index contributed by atoms with van der Waals surface area (Å²) in [4.78, 5) is 44.2. The second-order valence-electron chi connectivity index (χ2n) is 6.60. The molecule has 136 valence electrons. The predicted molar refractivity (Wildman–Crippen MR) is 97.5 cm³/mol. The summed E-state index contributed by atoms with van der Waals surface area (Å²) in [7, 11) is 0. The Morgan fingerprint density at radius 1 is 0.962 bits per heavy atom. The minimum atomic E-state index is -0.601. The second-order valence-corrected chi connectivity index (χ2v) is 6.60. The van der Waals surface area contributed by atoms with Crippen molar-refractivity contribution in [1.29, 1.82) is 0 Å². The fourth-order valence-electron chi connectivity index (χ4n) is 2.93. The summed E-state index contributed by atoms with van der Waals surface area (Å²) in [6.45, 7) is 5.05. The Morgan fingerprint density at radius 3 is 2.31 bits per heavy atom. The van der Waals surface area contributed by atoms with Crippen LogP contribution in [-0.4, -0.2) is 64.7 Å². The van der Waals surface area contributed by atoms with Gasteiger partial charge in [0, 0.05) is 37.6 Å². The fraction of sp³-hybridized carbons (Fsp3) is 0.368. The van der Waals surface area contributed by atoms with Crippen LogP contribution in [0.5, 0.6) is 0 Å². The van der Waals surface area contributed by atoms with Gasteiger partial charge in [-0.3, -0.25) is 14.4 Å². The first kappa shape index (κ1) is 17.8. The molecule has 7 nitrogen and oxygen atoms in total. The predicted octanol–water partition coefficient (Wildman–Crippen LogP) is 1.04. The Morgan fingerprint density at radius 2 is 1.62 bits per heavy atom. The number of carbonyl (C=O) groups excluding carboxylic acids is 3. The van der Waals surface area contributed by atoms with Gasteiger partial charge in [0.15, 0.2) is 0 Å². The molecule has 3 rings (SSSR count). The molecular formula is C19H22N4O3. The number of nitrogens with zero attached hydrogens (tertiary/aromatic N) is 3. The molecule has 1 N–H and O–H groups in total. The molecule has 1 fully saturated rings. The first-order chi connectivity index (χ1) is 12.5. The minimum Gasteiger partial charge on any atom is -0.346 e. The van der Waals surface area contributed by atoms with Crippen LogP contribution in [0.2, 0.25) is 0 Å². The normalized spacial score (nSPS) is 14.6. The molecule has 1 aliphatic heterocycles. The van der Waals surface area contributed by atoms with Crippen LogP contribution in [0.1, 0.15) is 24.3 Å². The van der Waals surface area contributed by atoms with Crippen molar-refractivity contribution in [3.63, 3.8) is 0 Å². The molecule has 0 saturated carbocycles. The monoisotopic (exact) mass is 354 g/mol. The van der Waals surface area contributed by atoms with E-state index >= 15 is 0 Å². The average Bonchev–Trinajstić information content (AvgIpc) is 2.66. The highest BCUT2D eigenvalue weighted by Crippen LogP contribution is 2.14. The first-order valence-electron chi connectivity index (χ1n) is 8.70. The molecule has 1 saturated heterocycles. The fourth-order valence-corrected chi connectivity index (χ4v) is 2.93. The minimum absolute atomic E-state index is 0.0895. The maximum atomic E-state index is 12.7. The third-order valence-corrected chi connectivity index (χ3v) is 4.29. The highest BCUT2D eigenvalue weighted by molar-refractivity contribution is 6.35. The van der Waals surface area contributed by atoms with Crippen molar-refractivity contribution in [2.75, 3.05) is 26.2 Å². The van der Waals surface area contributed by atoms with E-state index in [1.165, 1.54) is 4.90 Å². The van der Waals surface area contributed by atoms with Crippen LogP contribution in [0.4, 0.5) is 0 Å². The number of para-hydroxylation sites is 1. The molecule has 26 heavy (non-hydrogen) atoms. The molecule has 0 spiro atoms. The Labute approximate surface area is 152 Å². The lowest BCUT2D eigenvalue weighted by atomic mass is 10.2. The van der Waals surface area contributed by atoms with Crippen molar-refractivity contribution < 1.29 is 14.4 Å². The lowest BCUT2D eigenvalue weighted by molar-refractivity contribution is -0.147. The number of piperazine rings is 1. The molecule has 0 atom stereocenters. The summed E-state index contributed by atoms with van der Waals surface area (Å²) in [5.74, 6) is -1.31. The number of benzene rings is 1. The van der Waals surface area contributed by atoms with Crippen molar-refractivity contribution in [1.82, 2.24) is 20.1 Å². The summed E-state index contributed by atoms with van der Waals surface area (Å²) in [5, 5.41) is 3.58. The van der Waals surface area contributed by atoms with E-state index in [0.717, 1.165) is 10.9 Å². The number of amides is 3. The molecule has 0 aliphatic carbocycles. The van der Waals surface area contributed by atoms with Crippen LogP contribution in [0.3, 0.4) is 0 Å². The molecule has 0 radical (unpaired) electrons. The summed E-state index contributed by atoms with van der Waals surface area (Å²) in [6.07, 6.45) is 0. The Bertz CT molecular complexity index is 842. The summed E-state index contributed by atoms with van der Waals surface area (Å²) in [5.41, 5.74) is 1.17. The third-order valence-electron chi connectivity index (χ3n) is 4.29. The molecule has 0 unspecified atom stereocenters. The van der Waals surface area contributed by atoms with Crippen LogP contribution in [0, 0.1) is 0 Å². The van der Waals surface area contributed by atoms with Gasteiger partial charge < -0.3 is 15.1 Å². The Balaban J connectivity index is 1.62. The van der Waals surface area contributed by atoms with E-state index in [1.54, 1.807) is 24.8 Å². The van der Waals surface area contributed by atoms with Gasteiger partial charge in [-0.2, -0.15) is 0 Å². The quantitative estimate of drug-likeness (QED) is 0.817. The van der Waals surface area contributed by atoms with E-state index in [0.29, 0.717) is 31.9 Å². The van der Waals surface area contributed by atoms with E-state index in [4.69, 9.17) is 0 Å². The number of pyridine rings is 1. The zero-order valence-corrected chi connectivity index (χ0v) is 14.9. The smallest absolute Gasteiger partial charge is 0.312 e. The molecule has 2 heterocycles. The number of aromatic nitrogens is 1. The summed E-state index contributed by atoms with van der Waals surface area (Å²) < 4.78 is 0. The van der Waals surface area contributed by atoms with Crippen molar-refractivity contribution in [3.8, 4) is 0 Å². The summed E-state index contributed by atoms with van der Waals surface area (Å²) in [6, 6.07) is 11.1. The largest absolute Gasteiger partial charge is 0.346 e. The number of hydrogen-bond acceptors (Lipinski definition) is 4. The van der Waals surface area contributed by atoms with Crippen LogP contribution < -0.4 is 5.32 Å². The van der Waals surface area contributed by atoms with E-state index < -0.39 is 11.8 Å². The molecule has 1 aromatic heterocycles. The topological polar surface area (TPSA) is 82.6 Å². The van der Waals surface area contributed by atoms with Gasteiger partial charge >= 0.3 is 11.8 Å².